The van der Waals surface area contributed by atoms with E-state index >= 15 is 0 Å². The molecule has 3 heterocycles. The molecule has 1 aromatic carbocycles. The van der Waals surface area contributed by atoms with Crippen LogP contribution in [0, 0.1) is 6.92 Å². The van der Waals surface area contributed by atoms with Gasteiger partial charge in [-0.25, -0.2) is 0 Å². The standard InChI is InChI=1S/C17H17N3O3/c1-11-9-13-3-2-4-14(15(13)23-11)17(21)20-7-5-12(6-8-20)16-18-10-22-19-16/h2-4,9-10,12H,5-8H2,1H3. The molecular weight excluding hydrogens is 294 g/mol. The summed E-state index contributed by atoms with van der Waals surface area (Å²) in [5.74, 6) is 1.84. The molecule has 0 aliphatic carbocycles. The highest BCUT2D eigenvalue weighted by atomic mass is 16.5. The third-order valence-corrected chi connectivity index (χ3v) is 4.42. The number of aryl methyl sites for hydroxylation is 1. The van der Waals surface area contributed by atoms with E-state index in [-0.39, 0.29) is 11.8 Å². The van der Waals surface area contributed by atoms with Crippen LogP contribution in [0.15, 0.2) is 39.6 Å². The maximum atomic E-state index is 12.8. The molecule has 1 saturated heterocycles. The molecule has 4 rings (SSSR count). The second-order valence-corrected chi connectivity index (χ2v) is 5.94. The molecule has 0 saturated carbocycles. The number of piperidine rings is 1. The molecule has 0 bridgehead atoms. The minimum Gasteiger partial charge on any atom is -0.461 e. The maximum absolute atomic E-state index is 12.8. The number of hydrogen-bond donors (Lipinski definition) is 0. The lowest BCUT2D eigenvalue weighted by Crippen LogP contribution is -2.38. The van der Waals surface area contributed by atoms with Crippen molar-refractivity contribution in [2.24, 2.45) is 0 Å². The summed E-state index contributed by atoms with van der Waals surface area (Å²) >= 11 is 0. The predicted molar refractivity (Wildman–Crippen MR) is 83.1 cm³/mol. The van der Waals surface area contributed by atoms with E-state index in [2.05, 4.69) is 10.1 Å². The van der Waals surface area contributed by atoms with Crippen LogP contribution in [-0.2, 0) is 0 Å². The van der Waals surface area contributed by atoms with E-state index in [4.69, 9.17) is 8.94 Å². The van der Waals surface area contributed by atoms with Gasteiger partial charge in [-0.2, -0.15) is 4.98 Å². The fraction of sp³-hybridized carbons (Fsp3) is 0.353. The highest BCUT2D eigenvalue weighted by molar-refractivity contribution is 6.05. The van der Waals surface area contributed by atoms with Crippen LogP contribution in [0.1, 0.15) is 40.7 Å². The van der Waals surface area contributed by atoms with Crippen LogP contribution in [0.25, 0.3) is 11.0 Å². The fourth-order valence-electron chi connectivity index (χ4n) is 3.23. The van der Waals surface area contributed by atoms with Gasteiger partial charge < -0.3 is 13.8 Å². The van der Waals surface area contributed by atoms with Crippen molar-refractivity contribution < 1.29 is 13.7 Å². The molecule has 23 heavy (non-hydrogen) atoms. The summed E-state index contributed by atoms with van der Waals surface area (Å²) in [4.78, 5) is 18.8. The Morgan fingerprint density at radius 1 is 1.30 bits per heavy atom. The highest BCUT2D eigenvalue weighted by Crippen LogP contribution is 2.28. The number of hydrogen-bond acceptors (Lipinski definition) is 5. The van der Waals surface area contributed by atoms with Gasteiger partial charge in [0.1, 0.15) is 11.3 Å². The maximum Gasteiger partial charge on any atom is 0.257 e. The number of carbonyl (C=O) groups excluding carboxylic acids is 1. The van der Waals surface area contributed by atoms with Crippen molar-refractivity contribution in [1.29, 1.82) is 0 Å². The normalized spacial score (nSPS) is 16.1. The molecule has 0 unspecified atom stereocenters. The molecule has 0 radical (unpaired) electrons. The Hall–Kier alpha value is -2.63. The smallest absolute Gasteiger partial charge is 0.257 e. The molecule has 1 aliphatic rings. The van der Waals surface area contributed by atoms with Gasteiger partial charge in [-0.15, -0.1) is 0 Å². The van der Waals surface area contributed by atoms with Crippen molar-refractivity contribution in [2.45, 2.75) is 25.7 Å². The summed E-state index contributed by atoms with van der Waals surface area (Å²) in [5.41, 5.74) is 1.31. The Balaban J connectivity index is 1.53. The third-order valence-electron chi connectivity index (χ3n) is 4.42. The second-order valence-electron chi connectivity index (χ2n) is 5.94. The van der Waals surface area contributed by atoms with Gasteiger partial charge in [-0.3, -0.25) is 4.79 Å². The van der Waals surface area contributed by atoms with Crippen molar-refractivity contribution in [3.8, 4) is 0 Å². The van der Waals surface area contributed by atoms with Gasteiger partial charge in [0.05, 0.1) is 5.56 Å². The molecule has 2 aromatic heterocycles. The topological polar surface area (TPSA) is 72.4 Å². The SMILES string of the molecule is Cc1cc2cccc(C(=O)N3CCC(c4ncon4)CC3)c2o1. The van der Waals surface area contributed by atoms with Gasteiger partial charge in [0.2, 0.25) is 6.39 Å². The number of nitrogens with zero attached hydrogens (tertiary/aromatic N) is 3. The molecule has 1 amide bonds. The molecule has 1 fully saturated rings. The summed E-state index contributed by atoms with van der Waals surface area (Å²) < 4.78 is 10.5. The molecular formula is C17H17N3O3. The monoisotopic (exact) mass is 311 g/mol. The number of carbonyl (C=O) groups is 1. The lowest BCUT2D eigenvalue weighted by molar-refractivity contribution is 0.0711. The summed E-state index contributed by atoms with van der Waals surface area (Å²) in [6.07, 6.45) is 3.05. The van der Waals surface area contributed by atoms with Crippen LogP contribution in [-0.4, -0.2) is 34.0 Å². The Bertz CT molecular complexity index is 830. The minimum absolute atomic E-state index is 0.0245. The van der Waals surface area contributed by atoms with E-state index < -0.39 is 0 Å². The number of benzene rings is 1. The average molecular weight is 311 g/mol. The largest absolute Gasteiger partial charge is 0.461 e. The van der Waals surface area contributed by atoms with Crippen LogP contribution < -0.4 is 0 Å². The number of amides is 1. The summed E-state index contributed by atoms with van der Waals surface area (Å²) in [6.45, 7) is 3.27. The number of furan rings is 1. The third kappa shape index (κ3) is 2.50. The second kappa shape index (κ2) is 5.53. The van der Waals surface area contributed by atoms with Crippen LogP contribution in [0.4, 0.5) is 0 Å². The average Bonchev–Trinajstić information content (AvgIpc) is 3.22. The zero-order valence-corrected chi connectivity index (χ0v) is 12.9. The first kappa shape index (κ1) is 14.0. The number of likely N-dealkylation sites (tertiary alicyclic amines) is 1. The molecule has 0 spiro atoms. The van der Waals surface area contributed by atoms with E-state index in [0.717, 1.165) is 29.8 Å². The lowest BCUT2D eigenvalue weighted by atomic mass is 9.95. The first-order valence-corrected chi connectivity index (χ1v) is 7.77. The van der Waals surface area contributed by atoms with E-state index in [1.165, 1.54) is 6.39 Å². The van der Waals surface area contributed by atoms with Crippen molar-refractivity contribution >= 4 is 16.9 Å². The molecule has 1 aliphatic heterocycles. The number of para-hydroxylation sites is 1. The van der Waals surface area contributed by atoms with Gasteiger partial charge in [-0.1, -0.05) is 17.3 Å². The van der Waals surface area contributed by atoms with Gasteiger partial charge in [-0.05, 0) is 31.9 Å². The van der Waals surface area contributed by atoms with Crippen molar-refractivity contribution in [2.75, 3.05) is 13.1 Å². The number of fused-ring (bicyclic) bond motifs is 1. The zero-order chi connectivity index (χ0) is 15.8. The van der Waals surface area contributed by atoms with E-state index in [9.17, 15) is 4.79 Å². The first-order valence-electron chi connectivity index (χ1n) is 7.77. The molecule has 6 nitrogen and oxygen atoms in total. The minimum atomic E-state index is 0.0245. The Labute approximate surface area is 133 Å². The van der Waals surface area contributed by atoms with Crippen molar-refractivity contribution in [1.82, 2.24) is 15.0 Å². The molecule has 6 heteroatoms. The lowest BCUT2D eigenvalue weighted by Gasteiger charge is -2.30. The van der Waals surface area contributed by atoms with Gasteiger partial charge in [0, 0.05) is 24.4 Å². The molecule has 0 N–H and O–H groups in total. The zero-order valence-electron chi connectivity index (χ0n) is 12.9. The molecule has 118 valence electrons. The van der Waals surface area contributed by atoms with Crippen LogP contribution in [0.3, 0.4) is 0 Å². The fourth-order valence-corrected chi connectivity index (χ4v) is 3.23. The van der Waals surface area contributed by atoms with Crippen molar-refractivity contribution in [3.63, 3.8) is 0 Å². The summed E-state index contributed by atoms with van der Waals surface area (Å²) in [7, 11) is 0. The Morgan fingerprint density at radius 2 is 2.13 bits per heavy atom. The van der Waals surface area contributed by atoms with Crippen LogP contribution in [0.5, 0.6) is 0 Å². The molecule has 3 aromatic rings. The van der Waals surface area contributed by atoms with Crippen LogP contribution >= 0.6 is 0 Å². The highest BCUT2D eigenvalue weighted by Gasteiger charge is 2.28. The summed E-state index contributed by atoms with van der Waals surface area (Å²) in [6, 6.07) is 7.65. The van der Waals surface area contributed by atoms with Crippen LogP contribution in [0.2, 0.25) is 0 Å². The quantitative estimate of drug-likeness (QED) is 0.727. The number of rotatable bonds is 2. The van der Waals surface area contributed by atoms with Gasteiger partial charge in [0.15, 0.2) is 5.82 Å². The van der Waals surface area contributed by atoms with E-state index in [0.29, 0.717) is 24.2 Å². The Morgan fingerprint density at radius 3 is 2.87 bits per heavy atom. The van der Waals surface area contributed by atoms with E-state index in [1.807, 2.05) is 36.1 Å². The Kier molecular flexibility index (Phi) is 3.37. The van der Waals surface area contributed by atoms with E-state index in [1.54, 1.807) is 0 Å². The molecule has 0 atom stereocenters. The predicted octanol–water partition coefficient (Wildman–Crippen LogP) is 3.14. The summed E-state index contributed by atoms with van der Waals surface area (Å²) in [5, 5.41) is 4.87. The van der Waals surface area contributed by atoms with Gasteiger partial charge in [0.25, 0.3) is 5.91 Å². The van der Waals surface area contributed by atoms with Gasteiger partial charge >= 0.3 is 0 Å². The first-order chi connectivity index (χ1) is 11.2. The number of aromatic nitrogens is 2. The van der Waals surface area contributed by atoms with Crippen molar-refractivity contribution in [3.05, 3.63) is 47.8 Å².